The molecule has 1 saturated heterocycles. The van der Waals surface area contributed by atoms with Crippen LogP contribution < -0.4 is 4.74 Å². The number of aliphatic hydroxyl groups is 1. The van der Waals surface area contributed by atoms with E-state index in [1.54, 1.807) is 42.6 Å². The number of halogens is 3. The molecule has 1 aliphatic rings. The molecular formula is C20H21F3O2S2. The predicted molar refractivity (Wildman–Crippen MR) is 105 cm³/mol. The number of benzene rings is 2. The second-order valence-corrected chi connectivity index (χ2v) is 9.48. The van der Waals surface area contributed by atoms with Gasteiger partial charge in [0.2, 0.25) is 0 Å². The first-order valence-electron chi connectivity index (χ1n) is 8.61. The summed E-state index contributed by atoms with van der Waals surface area (Å²) in [4.78, 5) is 0. The molecule has 2 aromatic carbocycles. The molecule has 146 valence electrons. The minimum atomic E-state index is -2.90. The fraction of sp³-hybridized carbons (Fsp3) is 0.400. The van der Waals surface area contributed by atoms with Crippen molar-refractivity contribution in [3.05, 3.63) is 64.5 Å². The lowest BCUT2D eigenvalue weighted by atomic mass is 9.97. The molecule has 1 heterocycles. The van der Waals surface area contributed by atoms with Crippen molar-refractivity contribution in [2.75, 3.05) is 11.5 Å². The van der Waals surface area contributed by atoms with Crippen molar-refractivity contribution in [1.29, 1.82) is 0 Å². The molecule has 0 radical (unpaired) electrons. The Morgan fingerprint density at radius 1 is 1.07 bits per heavy atom. The van der Waals surface area contributed by atoms with Crippen LogP contribution in [0.1, 0.15) is 34.8 Å². The van der Waals surface area contributed by atoms with Crippen molar-refractivity contribution in [3.8, 4) is 5.75 Å². The fourth-order valence-electron chi connectivity index (χ4n) is 3.26. The van der Waals surface area contributed by atoms with Gasteiger partial charge in [-0.3, -0.25) is 0 Å². The zero-order valence-corrected chi connectivity index (χ0v) is 16.7. The van der Waals surface area contributed by atoms with Crippen LogP contribution in [0.2, 0.25) is 0 Å². The van der Waals surface area contributed by atoms with Crippen LogP contribution in [0.5, 0.6) is 5.75 Å². The Morgan fingerprint density at radius 3 is 2.37 bits per heavy atom. The maximum Gasteiger partial charge on any atom is 0.387 e. The maximum absolute atomic E-state index is 14.1. The fourth-order valence-corrected chi connectivity index (χ4v) is 6.62. The summed E-state index contributed by atoms with van der Waals surface area (Å²) in [5.41, 5.74) is 2.63. The Morgan fingerprint density at radius 2 is 1.78 bits per heavy atom. The number of rotatable bonds is 5. The lowest BCUT2D eigenvalue weighted by molar-refractivity contribution is -0.0503. The van der Waals surface area contributed by atoms with Gasteiger partial charge >= 0.3 is 6.61 Å². The number of alkyl halides is 2. The summed E-state index contributed by atoms with van der Waals surface area (Å²) in [6.07, 6.45) is 0.0893. The van der Waals surface area contributed by atoms with Crippen LogP contribution in [-0.2, 0) is 4.08 Å². The van der Waals surface area contributed by atoms with Crippen LogP contribution in [0.4, 0.5) is 13.2 Å². The normalized spacial score (nSPS) is 17.7. The zero-order chi connectivity index (χ0) is 19.6. The highest BCUT2D eigenvalue weighted by molar-refractivity contribution is 8.18. The van der Waals surface area contributed by atoms with Crippen LogP contribution in [-0.4, -0.2) is 23.2 Å². The lowest BCUT2D eigenvalue weighted by Crippen LogP contribution is -2.31. The Kier molecular flexibility index (Phi) is 6.33. The van der Waals surface area contributed by atoms with Gasteiger partial charge in [-0.15, -0.1) is 23.5 Å². The smallest absolute Gasteiger partial charge is 0.387 e. The van der Waals surface area contributed by atoms with Crippen LogP contribution >= 0.6 is 23.5 Å². The molecular weight excluding hydrogens is 393 g/mol. The molecule has 0 bridgehead atoms. The highest BCUT2D eigenvalue weighted by Gasteiger charge is 2.43. The van der Waals surface area contributed by atoms with E-state index in [0.29, 0.717) is 11.1 Å². The summed E-state index contributed by atoms with van der Waals surface area (Å²) >= 11 is 3.20. The number of hydrogen-bond donors (Lipinski definition) is 1. The summed E-state index contributed by atoms with van der Waals surface area (Å²) < 4.78 is 42.8. The quantitative estimate of drug-likeness (QED) is 0.670. The van der Waals surface area contributed by atoms with Crippen molar-refractivity contribution in [1.82, 2.24) is 0 Å². The van der Waals surface area contributed by atoms with E-state index in [2.05, 4.69) is 4.74 Å². The Hall–Kier alpha value is -1.31. The van der Waals surface area contributed by atoms with Crippen molar-refractivity contribution < 1.29 is 23.0 Å². The van der Waals surface area contributed by atoms with E-state index in [1.807, 2.05) is 13.0 Å². The van der Waals surface area contributed by atoms with Crippen molar-refractivity contribution in [3.63, 3.8) is 0 Å². The van der Waals surface area contributed by atoms with Crippen LogP contribution in [0, 0.1) is 19.7 Å². The zero-order valence-electron chi connectivity index (χ0n) is 15.0. The summed E-state index contributed by atoms with van der Waals surface area (Å²) in [6, 6.07) is 9.54. The molecule has 0 aromatic heterocycles. The van der Waals surface area contributed by atoms with Gasteiger partial charge in [0, 0.05) is 0 Å². The highest BCUT2D eigenvalue weighted by Crippen LogP contribution is 2.57. The molecule has 0 amide bonds. The molecule has 27 heavy (non-hydrogen) atoms. The number of thioether (sulfide) groups is 2. The van der Waals surface area contributed by atoms with Crippen LogP contribution in [0.15, 0.2) is 36.4 Å². The number of aryl methyl sites for hydroxylation is 2. The molecule has 2 aromatic rings. The average molecular weight is 415 g/mol. The minimum Gasteiger partial charge on any atom is -0.435 e. The minimum absolute atomic E-state index is 0.0838. The van der Waals surface area contributed by atoms with Gasteiger partial charge in [0.05, 0.1) is 0 Å². The molecule has 0 spiro atoms. The third-order valence-electron chi connectivity index (χ3n) is 4.46. The lowest BCUT2D eigenvalue weighted by Gasteiger charge is -2.40. The molecule has 0 saturated carbocycles. The second-order valence-electron chi connectivity index (χ2n) is 6.54. The van der Waals surface area contributed by atoms with E-state index in [-0.39, 0.29) is 11.6 Å². The van der Waals surface area contributed by atoms with Crippen molar-refractivity contribution in [2.24, 2.45) is 0 Å². The van der Waals surface area contributed by atoms with Gasteiger partial charge in [0.25, 0.3) is 0 Å². The Bertz CT molecular complexity index is 788. The van der Waals surface area contributed by atoms with Gasteiger partial charge in [-0.1, -0.05) is 12.1 Å². The highest BCUT2D eigenvalue weighted by atomic mass is 32.2. The molecule has 1 aliphatic heterocycles. The summed E-state index contributed by atoms with van der Waals surface area (Å²) in [5, 5.41) is 11.3. The van der Waals surface area contributed by atoms with Crippen LogP contribution in [0.3, 0.4) is 0 Å². The van der Waals surface area contributed by atoms with Gasteiger partial charge in [0.1, 0.15) is 21.7 Å². The SMILES string of the molecule is Cc1cc(F)cc(C2(C(O)c3ccc(OC(F)F)c(C)c3)SCCCS2)c1. The average Bonchev–Trinajstić information content (AvgIpc) is 2.62. The number of ether oxygens (including phenoxy) is 1. The monoisotopic (exact) mass is 414 g/mol. The maximum atomic E-state index is 14.1. The summed E-state index contributed by atoms with van der Waals surface area (Å²) in [6.45, 7) is 0.588. The van der Waals surface area contributed by atoms with Crippen molar-refractivity contribution >= 4 is 23.5 Å². The van der Waals surface area contributed by atoms with Gasteiger partial charge in [0.15, 0.2) is 0 Å². The standard InChI is InChI=1S/C20H21F3O2S2/c1-12-8-15(11-16(21)9-12)20(26-6-3-7-27-20)18(24)14-4-5-17(13(2)10-14)25-19(22)23/h4-5,8-11,18-19,24H,3,6-7H2,1-2H3. The van der Waals surface area contributed by atoms with Gasteiger partial charge < -0.3 is 9.84 Å². The number of hydrogen-bond acceptors (Lipinski definition) is 4. The van der Waals surface area contributed by atoms with Crippen LogP contribution in [0.25, 0.3) is 0 Å². The first kappa shape index (κ1) is 20.4. The van der Waals surface area contributed by atoms with E-state index in [4.69, 9.17) is 0 Å². The first-order chi connectivity index (χ1) is 12.8. The predicted octanol–water partition coefficient (Wildman–Crippen LogP) is 5.80. The van der Waals surface area contributed by atoms with E-state index in [9.17, 15) is 18.3 Å². The van der Waals surface area contributed by atoms with E-state index in [0.717, 1.165) is 29.1 Å². The van der Waals surface area contributed by atoms with Gasteiger partial charge in [-0.2, -0.15) is 8.78 Å². The molecule has 3 rings (SSSR count). The molecule has 1 fully saturated rings. The van der Waals surface area contributed by atoms with Crippen molar-refractivity contribution in [2.45, 2.75) is 37.1 Å². The van der Waals surface area contributed by atoms with E-state index in [1.165, 1.54) is 18.2 Å². The first-order valence-corrected chi connectivity index (χ1v) is 10.6. The molecule has 1 unspecified atom stereocenters. The Balaban J connectivity index is 2.01. The molecule has 7 heteroatoms. The molecule has 0 aliphatic carbocycles. The van der Waals surface area contributed by atoms with Gasteiger partial charge in [-0.05, 0) is 78.3 Å². The van der Waals surface area contributed by atoms with E-state index < -0.39 is 16.8 Å². The largest absolute Gasteiger partial charge is 0.435 e. The van der Waals surface area contributed by atoms with E-state index >= 15 is 0 Å². The molecule has 2 nitrogen and oxygen atoms in total. The van der Waals surface area contributed by atoms with Gasteiger partial charge in [-0.25, -0.2) is 4.39 Å². The number of aliphatic hydroxyl groups excluding tert-OH is 1. The summed E-state index contributed by atoms with van der Waals surface area (Å²) in [5.74, 6) is 1.46. The topological polar surface area (TPSA) is 29.5 Å². The molecule has 1 atom stereocenters. The Labute approximate surface area is 165 Å². The second kappa shape index (κ2) is 8.37. The summed E-state index contributed by atoms with van der Waals surface area (Å²) in [7, 11) is 0. The third kappa shape index (κ3) is 4.41. The molecule has 1 N–H and O–H groups in total. The third-order valence-corrected chi connectivity index (χ3v) is 7.93.